The van der Waals surface area contributed by atoms with Crippen molar-refractivity contribution in [3.05, 3.63) is 28.8 Å². The number of ether oxygens (including phenoxy) is 1. The van der Waals surface area contributed by atoms with E-state index in [9.17, 15) is 0 Å². The Balaban J connectivity index is 2.90. The highest BCUT2D eigenvalue weighted by atomic mass is 35.5. The molecule has 0 saturated heterocycles. The van der Waals surface area contributed by atoms with Gasteiger partial charge in [0.25, 0.3) is 0 Å². The molecule has 0 fully saturated rings. The highest BCUT2D eigenvalue weighted by molar-refractivity contribution is 6.33. The molecule has 1 aromatic rings. The summed E-state index contributed by atoms with van der Waals surface area (Å²) in [5.41, 5.74) is 2.12. The van der Waals surface area contributed by atoms with Gasteiger partial charge < -0.3 is 15.0 Å². The largest absolute Gasteiger partial charge is 0.383 e. The molecule has 0 amide bonds. The molecule has 21 heavy (non-hydrogen) atoms. The van der Waals surface area contributed by atoms with Crippen molar-refractivity contribution in [2.75, 3.05) is 38.3 Å². The number of methoxy groups -OCH3 is 1. The number of hydrogen-bond acceptors (Lipinski definition) is 4. The van der Waals surface area contributed by atoms with Gasteiger partial charge in [-0.2, -0.15) is 5.26 Å². The lowest BCUT2D eigenvalue weighted by Gasteiger charge is -2.25. The fraction of sp³-hybridized carbons (Fsp3) is 0.562. The first-order chi connectivity index (χ1) is 10.1. The summed E-state index contributed by atoms with van der Waals surface area (Å²) in [5.74, 6) is 0. The minimum Gasteiger partial charge on any atom is -0.383 e. The third kappa shape index (κ3) is 5.55. The number of halogens is 1. The minimum absolute atomic E-state index is 0.271. The van der Waals surface area contributed by atoms with Crippen LogP contribution in [0, 0.1) is 11.3 Å². The molecule has 0 aliphatic heterocycles. The van der Waals surface area contributed by atoms with Crippen LogP contribution in [0.4, 0.5) is 5.69 Å². The monoisotopic (exact) mass is 309 g/mol. The SMILES string of the molecule is CCNC(C)c1ccc(N(CCC#N)CCOC)c(Cl)c1. The van der Waals surface area contributed by atoms with E-state index >= 15 is 0 Å². The van der Waals surface area contributed by atoms with Gasteiger partial charge in [-0.25, -0.2) is 0 Å². The van der Waals surface area contributed by atoms with Crippen LogP contribution in [-0.4, -0.2) is 33.4 Å². The Bertz CT molecular complexity index is 473. The van der Waals surface area contributed by atoms with E-state index in [1.165, 1.54) is 0 Å². The molecule has 0 bridgehead atoms. The van der Waals surface area contributed by atoms with Crippen molar-refractivity contribution in [3.63, 3.8) is 0 Å². The normalized spacial score (nSPS) is 12.0. The van der Waals surface area contributed by atoms with Crippen molar-refractivity contribution >= 4 is 17.3 Å². The third-order valence-electron chi connectivity index (χ3n) is 3.38. The van der Waals surface area contributed by atoms with E-state index in [0.717, 1.165) is 24.3 Å². The molecular formula is C16H24ClN3O. The third-order valence-corrected chi connectivity index (χ3v) is 3.68. The van der Waals surface area contributed by atoms with Crippen LogP contribution < -0.4 is 10.2 Å². The van der Waals surface area contributed by atoms with E-state index in [1.807, 2.05) is 12.1 Å². The van der Waals surface area contributed by atoms with Crippen LogP contribution in [0.5, 0.6) is 0 Å². The minimum atomic E-state index is 0.271. The number of benzene rings is 1. The van der Waals surface area contributed by atoms with Crippen molar-refractivity contribution < 1.29 is 4.74 Å². The van der Waals surface area contributed by atoms with E-state index in [1.54, 1.807) is 7.11 Å². The van der Waals surface area contributed by atoms with Crippen molar-refractivity contribution in [1.29, 1.82) is 5.26 Å². The summed E-state index contributed by atoms with van der Waals surface area (Å²) in [5, 5.41) is 12.9. The van der Waals surface area contributed by atoms with E-state index < -0.39 is 0 Å². The maximum absolute atomic E-state index is 8.78. The van der Waals surface area contributed by atoms with Crippen molar-refractivity contribution in [2.24, 2.45) is 0 Å². The summed E-state index contributed by atoms with van der Waals surface area (Å²) >= 11 is 6.43. The quantitative estimate of drug-likeness (QED) is 0.759. The summed E-state index contributed by atoms with van der Waals surface area (Å²) in [7, 11) is 1.67. The van der Waals surface area contributed by atoms with Gasteiger partial charge in [-0.15, -0.1) is 0 Å². The van der Waals surface area contributed by atoms with Gasteiger partial charge in [-0.1, -0.05) is 24.6 Å². The first-order valence-corrected chi connectivity index (χ1v) is 7.65. The maximum Gasteiger partial charge on any atom is 0.0642 e. The van der Waals surface area contributed by atoms with Gasteiger partial charge in [0, 0.05) is 26.2 Å². The predicted molar refractivity (Wildman–Crippen MR) is 87.9 cm³/mol. The van der Waals surface area contributed by atoms with E-state index in [4.69, 9.17) is 21.6 Å². The van der Waals surface area contributed by atoms with Crippen molar-refractivity contribution in [2.45, 2.75) is 26.3 Å². The second-order valence-electron chi connectivity index (χ2n) is 4.88. The fourth-order valence-electron chi connectivity index (χ4n) is 2.21. The van der Waals surface area contributed by atoms with Crippen LogP contribution in [0.15, 0.2) is 18.2 Å². The maximum atomic E-state index is 8.78. The molecule has 0 spiro atoms. The van der Waals surface area contributed by atoms with Gasteiger partial charge in [-0.3, -0.25) is 0 Å². The zero-order chi connectivity index (χ0) is 15.7. The van der Waals surface area contributed by atoms with Gasteiger partial charge in [-0.05, 0) is 31.2 Å². The Morgan fingerprint density at radius 2 is 2.19 bits per heavy atom. The van der Waals surface area contributed by atoms with Crippen LogP contribution in [0.2, 0.25) is 5.02 Å². The molecule has 1 rings (SSSR count). The highest BCUT2D eigenvalue weighted by Gasteiger charge is 2.12. The molecular weight excluding hydrogens is 286 g/mol. The summed E-state index contributed by atoms with van der Waals surface area (Å²) in [6.45, 7) is 7.11. The van der Waals surface area contributed by atoms with Gasteiger partial charge in [0.15, 0.2) is 0 Å². The van der Waals surface area contributed by atoms with Gasteiger partial charge in [0.05, 0.1) is 29.8 Å². The summed E-state index contributed by atoms with van der Waals surface area (Å²) < 4.78 is 5.13. The highest BCUT2D eigenvalue weighted by Crippen LogP contribution is 2.29. The molecule has 1 N–H and O–H groups in total. The molecule has 4 nitrogen and oxygen atoms in total. The van der Waals surface area contributed by atoms with Gasteiger partial charge in [0.1, 0.15) is 0 Å². The van der Waals surface area contributed by atoms with Crippen molar-refractivity contribution in [3.8, 4) is 6.07 Å². The molecule has 0 heterocycles. The van der Waals surface area contributed by atoms with Crippen LogP contribution >= 0.6 is 11.6 Å². The molecule has 1 atom stereocenters. The Morgan fingerprint density at radius 1 is 1.43 bits per heavy atom. The lowest BCUT2D eigenvalue weighted by molar-refractivity contribution is 0.205. The van der Waals surface area contributed by atoms with Crippen LogP contribution in [0.25, 0.3) is 0 Å². The summed E-state index contributed by atoms with van der Waals surface area (Å²) in [6.07, 6.45) is 0.468. The Labute approximate surface area is 132 Å². The van der Waals surface area contributed by atoms with E-state index in [0.29, 0.717) is 24.6 Å². The molecule has 0 saturated carbocycles. The molecule has 0 aliphatic rings. The number of nitrogens with one attached hydrogen (secondary N) is 1. The zero-order valence-corrected chi connectivity index (χ0v) is 13.8. The van der Waals surface area contributed by atoms with Crippen LogP contribution in [0.1, 0.15) is 31.9 Å². The zero-order valence-electron chi connectivity index (χ0n) is 13.0. The first-order valence-electron chi connectivity index (χ1n) is 7.27. The topological polar surface area (TPSA) is 48.3 Å². The fourth-order valence-corrected chi connectivity index (χ4v) is 2.52. The Kier molecular flexibility index (Phi) is 8.14. The molecule has 0 radical (unpaired) electrons. The molecule has 1 unspecified atom stereocenters. The van der Waals surface area contributed by atoms with Gasteiger partial charge in [0.2, 0.25) is 0 Å². The van der Waals surface area contributed by atoms with Crippen LogP contribution in [-0.2, 0) is 4.74 Å². The van der Waals surface area contributed by atoms with E-state index in [2.05, 4.69) is 36.2 Å². The predicted octanol–water partition coefficient (Wildman–Crippen LogP) is 3.38. The second kappa shape index (κ2) is 9.62. The summed E-state index contributed by atoms with van der Waals surface area (Å²) in [4.78, 5) is 2.09. The number of nitriles is 1. The van der Waals surface area contributed by atoms with Gasteiger partial charge >= 0.3 is 0 Å². The lowest BCUT2D eigenvalue weighted by Crippen LogP contribution is -2.28. The molecule has 5 heteroatoms. The molecule has 0 aliphatic carbocycles. The molecule has 116 valence electrons. The average molecular weight is 310 g/mol. The first kappa shape index (κ1) is 17.8. The second-order valence-corrected chi connectivity index (χ2v) is 5.29. The lowest BCUT2D eigenvalue weighted by atomic mass is 10.1. The Hall–Kier alpha value is -1.28. The number of rotatable bonds is 9. The number of anilines is 1. The average Bonchev–Trinajstić information content (AvgIpc) is 2.48. The Morgan fingerprint density at radius 3 is 2.76 bits per heavy atom. The molecule has 1 aromatic carbocycles. The van der Waals surface area contributed by atoms with E-state index in [-0.39, 0.29) is 6.04 Å². The van der Waals surface area contributed by atoms with Crippen molar-refractivity contribution in [1.82, 2.24) is 5.32 Å². The number of hydrogen-bond donors (Lipinski definition) is 1. The standard InChI is InChI=1S/C16H24ClN3O/c1-4-19-13(2)14-6-7-16(15(17)12-14)20(9-5-8-18)10-11-21-3/h6-7,12-13,19H,4-5,9-11H2,1-3H3. The smallest absolute Gasteiger partial charge is 0.0642 e. The summed E-state index contributed by atoms with van der Waals surface area (Å²) in [6, 6.07) is 8.55. The van der Waals surface area contributed by atoms with Crippen LogP contribution in [0.3, 0.4) is 0 Å². The molecule has 0 aromatic heterocycles. The number of nitrogens with zero attached hydrogens (tertiary/aromatic N) is 2.